The highest BCUT2D eigenvalue weighted by Gasteiger charge is 2.55. The van der Waals surface area contributed by atoms with Gasteiger partial charge in [-0.3, -0.25) is 9.35 Å². The number of nitrogens with one attached hydrogen (secondary N) is 1. The molecule has 1 aromatic carbocycles. The molecule has 8 nitrogen and oxygen atoms in total. The van der Waals surface area contributed by atoms with Crippen LogP contribution < -0.4 is 14.2 Å². The third kappa shape index (κ3) is 2.50. The minimum Gasteiger partial charge on any atom is -0.505 e. The maximum absolute atomic E-state index is 12.3. The molecule has 3 atom stereocenters. The molecule has 2 aliphatic carbocycles. The van der Waals surface area contributed by atoms with Gasteiger partial charge in [0.25, 0.3) is 0 Å². The van der Waals surface area contributed by atoms with Crippen molar-refractivity contribution in [2.75, 3.05) is 13.7 Å². The van der Waals surface area contributed by atoms with Gasteiger partial charge in [0.2, 0.25) is 0 Å². The van der Waals surface area contributed by atoms with E-state index in [1.807, 2.05) is 6.07 Å². The van der Waals surface area contributed by atoms with Gasteiger partial charge in [-0.15, -0.1) is 0 Å². The molecule has 1 saturated heterocycles. The first-order chi connectivity index (χ1) is 12.2. The molecule has 9 heteroatoms. The standard InChI is InChI=1S/C17H19NO7S/c1-24-14-3-2-9-6-11-10-7-12(19)13(20)8-17(10,4-5-18-11)15(9)16(14)25-26(21,22)23/h2-3,7,10-11,18-19H,4-6,8H2,1H3,(H,21,22,23). The van der Waals surface area contributed by atoms with Crippen LogP contribution in [0.4, 0.5) is 0 Å². The number of fused-ring (bicyclic) bond motifs is 1. The Balaban J connectivity index is 2.01. The van der Waals surface area contributed by atoms with E-state index in [0.29, 0.717) is 24.9 Å². The summed E-state index contributed by atoms with van der Waals surface area (Å²) in [5.41, 5.74) is 0.677. The van der Waals surface area contributed by atoms with Gasteiger partial charge >= 0.3 is 10.4 Å². The molecule has 0 aromatic heterocycles. The van der Waals surface area contributed by atoms with Crippen molar-refractivity contribution in [1.29, 1.82) is 0 Å². The van der Waals surface area contributed by atoms with Crippen LogP contribution in [0.15, 0.2) is 24.0 Å². The van der Waals surface area contributed by atoms with E-state index in [-0.39, 0.29) is 35.6 Å². The highest BCUT2D eigenvalue weighted by molar-refractivity contribution is 7.81. The molecule has 1 aliphatic heterocycles. The normalized spacial score (nSPS) is 30.1. The van der Waals surface area contributed by atoms with E-state index in [0.717, 1.165) is 5.56 Å². The van der Waals surface area contributed by atoms with Crippen LogP contribution in [0.25, 0.3) is 0 Å². The highest BCUT2D eigenvalue weighted by atomic mass is 32.3. The smallest absolute Gasteiger partial charge is 0.446 e. The van der Waals surface area contributed by atoms with E-state index >= 15 is 0 Å². The van der Waals surface area contributed by atoms with Crippen LogP contribution in [0.3, 0.4) is 0 Å². The van der Waals surface area contributed by atoms with E-state index in [1.54, 1.807) is 12.1 Å². The number of hydrogen-bond acceptors (Lipinski definition) is 7. The van der Waals surface area contributed by atoms with Crippen molar-refractivity contribution in [1.82, 2.24) is 5.32 Å². The number of hydrogen-bond donors (Lipinski definition) is 3. The second-order valence-electron chi connectivity index (χ2n) is 6.99. The van der Waals surface area contributed by atoms with Gasteiger partial charge in [0.15, 0.2) is 23.0 Å². The Bertz CT molecular complexity index is 923. The topological polar surface area (TPSA) is 122 Å². The molecule has 26 heavy (non-hydrogen) atoms. The molecule has 140 valence electrons. The summed E-state index contributed by atoms with van der Waals surface area (Å²) < 4.78 is 42.3. The zero-order chi connectivity index (χ0) is 18.7. The van der Waals surface area contributed by atoms with Crippen LogP contribution in [0.1, 0.15) is 24.0 Å². The number of ketones is 1. The van der Waals surface area contributed by atoms with Crippen LogP contribution in [0.5, 0.6) is 11.5 Å². The Morgan fingerprint density at radius 3 is 2.81 bits per heavy atom. The fourth-order valence-corrected chi connectivity index (χ4v) is 5.14. The fraction of sp³-hybridized carbons (Fsp3) is 0.471. The molecule has 0 amide bonds. The predicted octanol–water partition coefficient (Wildman–Crippen LogP) is 1.06. The van der Waals surface area contributed by atoms with Crippen molar-refractivity contribution in [3.8, 4) is 11.5 Å². The Morgan fingerprint density at radius 2 is 2.12 bits per heavy atom. The first kappa shape index (κ1) is 17.3. The van der Waals surface area contributed by atoms with Crippen molar-refractivity contribution >= 4 is 16.2 Å². The van der Waals surface area contributed by atoms with Gasteiger partial charge in [-0.1, -0.05) is 6.07 Å². The Morgan fingerprint density at radius 1 is 1.35 bits per heavy atom. The average molecular weight is 381 g/mol. The minimum atomic E-state index is -4.78. The summed E-state index contributed by atoms with van der Waals surface area (Å²) in [7, 11) is -3.41. The second kappa shape index (κ2) is 5.70. The van der Waals surface area contributed by atoms with Crippen molar-refractivity contribution < 1.29 is 31.8 Å². The molecule has 2 bridgehead atoms. The maximum atomic E-state index is 12.3. The Kier molecular flexibility index (Phi) is 3.80. The van der Waals surface area contributed by atoms with Gasteiger partial charge in [0, 0.05) is 29.4 Å². The first-order valence-corrected chi connectivity index (χ1v) is 9.66. The number of aliphatic hydroxyl groups excluding tert-OH is 1. The average Bonchev–Trinajstić information content (AvgIpc) is 2.54. The van der Waals surface area contributed by atoms with Gasteiger partial charge in [-0.25, -0.2) is 0 Å². The van der Waals surface area contributed by atoms with Gasteiger partial charge in [0.1, 0.15) is 0 Å². The van der Waals surface area contributed by atoms with E-state index in [4.69, 9.17) is 8.92 Å². The molecular weight excluding hydrogens is 362 g/mol. The molecule has 4 rings (SSSR count). The lowest BCUT2D eigenvalue weighted by atomic mass is 9.54. The quantitative estimate of drug-likeness (QED) is 0.665. The van der Waals surface area contributed by atoms with Gasteiger partial charge < -0.3 is 19.3 Å². The molecule has 1 aromatic rings. The molecule has 3 unspecified atom stereocenters. The van der Waals surface area contributed by atoms with E-state index in [9.17, 15) is 22.9 Å². The van der Waals surface area contributed by atoms with Crippen LogP contribution in [-0.4, -0.2) is 43.6 Å². The summed E-state index contributed by atoms with van der Waals surface area (Å²) in [5.74, 6) is -0.770. The lowest BCUT2D eigenvalue weighted by Crippen LogP contribution is -2.60. The third-order valence-corrected chi connectivity index (χ3v) is 6.08. The summed E-state index contributed by atoms with van der Waals surface area (Å²) in [5, 5.41) is 13.4. The molecule has 1 fully saturated rings. The maximum Gasteiger partial charge on any atom is 0.446 e. The van der Waals surface area contributed by atoms with Crippen molar-refractivity contribution in [2.45, 2.75) is 30.7 Å². The van der Waals surface area contributed by atoms with Crippen LogP contribution in [0, 0.1) is 5.92 Å². The Labute approximate surface area is 150 Å². The third-order valence-electron chi connectivity index (χ3n) is 5.70. The lowest BCUT2D eigenvalue weighted by molar-refractivity contribution is -0.121. The van der Waals surface area contributed by atoms with Gasteiger partial charge in [-0.05, 0) is 37.1 Å². The zero-order valence-electron chi connectivity index (χ0n) is 14.1. The molecule has 0 radical (unpaired) electrons. The van der Waals surface area contributed by atoms with Crippen LogP contribution >= 0.6 is 0 Å². The largest absolute Gasteiger partial charge is 0.505 e. The number of ether oxygens (including phenoxy) is 1. The van der Waals surface area contributed by atoms with E-state index < -0.39 is 21.6 Å². The minimum absolute atomic E-state index is 0.0125. The Hall–Kier alpha value is -2.10. The molecule has 0 spiro atoms. The number of aliphatic hydroxyl groups is 1. The number of Topliss-reactive ketones (excluding diaryl/α,β-unsaturated/α-hetero) is 1. The summed E-state index contributed by atoms with van der Waals surface area (Å²) in [4.78, 5) is 12.3. The number of allylic oxidation sites excluding steroid dienone is 1. The summed E-state index contributed by atoms with van der Waals surface area (Å²) >= 11 is 0. The van der Waals surface area contributed by atoms with Gasteiger partial charge in [0.05, 0.1) is 7.11 Å². The van der Waals surface area contributed by atoms with Gasteiger partial charge in [-0.2, -0.15) is 8.42 Å². The van der Waals surface area contributed by atoms with Crippen molar-refractivity contribution in [2.24, 2.45) is 5.92 Å². The SMILES string of the molecule is COc1ccc2c(c1OS(=O)(=O)O)C13CCNC(C2)C1C=C(O)C(=O)C3. The number of piperidine rings is 1. The lowest BCUT2D eigenvalue weighted by Gasteiger charge is -2.53. The van der Waals surface area contributed by atoms with Crippen LogP contribution in [-0.2, 0) is 27.0 Å². The number of carbonyl (C=O) groups is 1. The van der Waals surface area contributed by atoms with E-state index in [1.165, 1.54) is 7.11 Å². The summed E-state index contributed by atoms with van der Waals surface area (Å²) in [6.07, 6.45) is 2.74. The van der Waals surface area contributed by atoms with E-state index in [2.05, 4.69) is 5.32 Å². The molecule has 3 N–H and O–H groups in total. The monoisotopic (exact) mass is 381 g/mol. The van der Waals surface area contributed by atoms with Crippen molar-refractivity contribution in [3.05, 3.63) is 35.1 Å². The number of carbonyl (C=O) groups excluding carboxylic acids is 1. The highest BCUT2D eigenvalue weighted by Crippen LogP contribution is 2.56. The first-order valence-electron chi connectivity index (χ1n) is 8.30. The number of rotatable bonds is 3. The predicted molar refractivity (Wildman–Crippen MR) is 90.8 cm³/mol. The molecule has 3 aliphatic rings. The summed E-state index contributed by atoms with van der Waals surface area (Å²) in [6, 6.07) is 3.42. The molecule has 1 heterocycles. The summed E-state index contributed by atoms with van der Waals surface area (Å²) in [6.45, 7) is 0.644. The second-order valence-corrected chi connectivity index (χ2v) is 8.01. The zero-order valence-corrected chi connectivity index (χ0v) is 14.9. The van der Waals surface area contributed by atoms with Crippen LogP contribution in [0.2, 0.25) is 0 Å². The van der Waals surface area contributed by atoms with Crippen molar-refractivity contribution in [3.63, 3.8) is 0 Å². The number of benzene rings is 1. The number of methoxy groups -OCH3 is 1. The molecule has 0 saturated carbocycles. The fourth-order valence-electron chi connectivity index (χ4n) is 4.77. The molecular formula is C17H19NO7S.